The minimum atomic E-state index is -0.674. The average Bonchev–Trinajstić information content (AvgIpc) is 3.25. The quantitative estimate of drug-likeness (QED) is 0.704. The van der Waals surface area contributed by atoms with Crippen molar-refractivity contribution < 1.29 is 14.7 Å². The number of benzene rings is 1. The molecule has 0 heterocycles. The first kappa shape index (κ1) is 14.5. The van der Waals surface area contributed by atoms with Crippen LogP contribution in [-0.4, -0.2) is 30.1 Å². The molecule has 0 saturated heterocycles. The molecule has 1 aliphatic carbocycles. The molecule has 5 nitrogen and oxygen atoms in total. The van der Waals surface area contributed by atoms with Gasteiger partial charge in [0.2, 0.25) is 0 Å². The van der Waals surface area contributed by atoms with Gasteiger partial charge in [-0.2, -0.15) is 0 Å². The minimum absolute atomic E-state index is 0.0491. The molecule has 0 bridgehead atoms. The number of nitrogens with one attached hydrogen (secondary N) is 2. The number of anilines is 1. The zero-order chi connectivity index (χ0) is 14.6. The first-order valence-electron chi connectivity index (χ1n) is 6.87. The molecule has 0 unspecified atom stereocenters. The number of aliphatic hydroxyl groups excluding tert-OH is 1. The zero-order valence-corrected chi connectivity index (χ0v) is 11.6. The summed E-state index contributed by atoms with van der Waals surface area (Å²) in [7, 11) is 0. The van der Waals surface area contributed by atoms with Crippen LogP contribution in [0.25, 0.3) is 0 Å². The van der Waals surface area contributed by atoms with E-state index < -0.39 is 11.8 Å². The summed E-state index contributed by atoms with van der Waals surface area (Å²) in [5.41, 5.74) is 1.52. The van der Waals surface area contributed by atoms with Crippen molar-refractivity contribution in [2.24, 2.45) is 5.41 Å². The van der Waals surface area contributed by atoms with Crippen LogP contribution in [0, 0.1) is 5.41 Å². The van der Waals surface area contributed by atoms with Crippen LogP contribution in [0.3, 0.4) is 0 Å². The maximum atomic E-state index is 11.8. The molecule has 0 spiro atoms. The van der Waals surface area contributed by atoms with Gasteiger partial charge in [-0.1, -0.05) is 19.1 Å². The number of aliphatic hydroxyl groups is 1. The molecule has 2 rings (SSSR count). The molecular weight excluding hydrogens is 256 g/mol. The van der Waals surface area contributed by atoms with Crippen LogP contribution in [-0.2, 0) is 16.0 Å². The SMILES string of the molecule is CCc1cccc(NC(=O)C(=O)NCC2(CO)CC2)c1. The summed E-state index contributed by atoms with van der Waals surface area (Å²) < 4.78 is 0. The Morgan fingerprint density at radius 3 is 2.65 bits per heavy atom. The van der Waals surface area contributed by atoms with Crippen LogP contribution in [0.2, 0.25) is 0 Å². The van der Waals surface area contributed by atoms with E-state index in [2.05, 4.69) is 10.6 Å². The molecule has 1 saturated carbocycles. The fourth-order valence-electron chi connectivity index (χ4n) is 1.97. The highest BCUT2D eigenvalue weighted by Gasteiger charge is 2.42. The second-order valence-electron chi connectivity index (χ2n) is 5.35. The Labute approximate surface area is 118 Å². The van der Waals surface area contributed by atoms with Crippen molar-refractivity contribution in [2.45, 2.75) is 26.2 Å². The highest BCUT2D eigenvalue weighted by molar-refractivity contribution is 6.39. The number of aryl methyl sites for hydroxylation is 1. The lowest BCUT2D eigenvalue weighted by molar-refractivity contribution is -0.136. The first-order chi connectivity index (χ1) is 9.58. The van der Waals surface area contributed by atoms with Crippen molar-refractivity contribution in [3.8, 4) is 0 Å². The lowest BCUT2D eigenvalue weighted by Crippen LogP contribution is -2.39. The first-order valence-corrected chi connectivity index (χ1v) is 6.87. The Morgan fingerprint density at radius 2 is 2.05 bits per heavy atom. The zero-order valence-electron chi connectivity index (χ0n) is 11.6. The van der Waals surface area contributed by atoms with Gasteiger partial charge in [-0.3, -0.25) is 9.59 Å². The van der Waals surface area contributed by atoms with Gasteiger partial charge in [0.1, 0.15) is 0 Å². The predicted molar refractivity (Wildman–Crippen MR) is 76.2 cm³/mol. The molecule has 3 N–H and O–H groups in total. The van der Waals surface area contributed by atoms with E-state index in [9.17, 15) is 9.59 Å². The van der Waals surface area contributed by atoms with Crippen molar-refractivity contribution in [3.63, 3.8) is 0 Å². The molecule has 1 aromatic rings. The Morgan fingerprint density at radius 1 is 1.30 bits per heavy atom. The maximum Gasteiger partial charge on any atom is 0.313 e. The fourth-order valence-corrected chi connectivity index (χ4v) is 1.97. The standard InChI is InChI=1S/C15H20N2O3/c1-2-11-4-3-5-12(8-11)17-14(20)13(19)16-9-15(10-18)6-7-15/h3-5,8,18H,2,6-7,9-10H2,1H3,(H,16,19)(H,17,20). The van der Waals surface area contributed by atoms with E-state index in [1.807, 2.05) is 25.1 Å². The van der Waals surface area contributed by atoms with Gasteiger partial charge in [-0.25, -0.2) is 0 Å². The van der Waals surface area contributed by atoms with Gasteiger partial charge in [0.15, 0.2) is 0 Å². The number of rotatable bonds is 5. The maximum absolute atomic E-state index is 11.8. The second kappa shape index (κ2) is 6.05. The highest BCUT2D eigenvalue weighted by Crippen LogP contribution is 2.44. The van der Waals surface area contributed by atoms with Crippen LogP contribution in [0.4, 0.5) is 5.69 Å². The molecule has 0 aromatic heterocycles. The van der Waals surface area contributed by atoms with Crippen molar-refractivity contribution in [3.05, 3.63) is 29.8 Å². The van der Waals surface area contributed by atoms with Crippen molar-refractivity contribution >= 4 is 17.5 Å². The van der Waals surface area contributed by atoms with Crippen LogP contribution < -0.4 is 10.6 Å². The summed E-state index contributed by atoms with van der Waals surface area (Å²) >= 11 is 0. The third kappa shape index (κ3) is 3.57. The molecule has 5 heteroatoms. The van der Waals surface area contributed by atoms with E-state index in [1.165, 1.54) is 0 Å². The summed E-state index contributed by atoms with van der Waals surface area (Å²) in [4.78, 5) is 23.4. The van der Waals surface area contributed by atoms with Crippen LogP contribution >= 0.6 is 0 Å². The van der Waals surface area contributed by atoms with E-state index in [4.69, 9.17) is 5.11 Å². The van der Waals surface area contributed by atoms with Gasteiger partial charge in [-0.15, -0.1) is 0 Å². The molecule has 0 atom stereocenters. The van der Waals surface area contributed by atoms with E-state index in [0.29, 0.717) is 12.2 Å². The lowest BCUT2D eigenvalue weighted by atomic mass is 10.1. The van der Waals surface area contributed by atoms with Gasteiger partial charge in [0.05, 0.1) is 6.61 Å². The molecule has 1 aromatic carbocycles. The second-order valence-corrected chi connectivity index (χ2v) is 5.35. The Kier molecular flexibility index (Phi) is 4.39. The van der Waals surface area contributed by atoms with Gasteiger partial charge in [-0.05, 0) is 37.0 Å². The molecule has 0 radical (unpaired) electrons. The molecule has 1 aliphatic rings. The number of carbonyl (C=O) groups excluding carboxylic acids is 2. The van der Waals surface area contributed by atoms with Crippen LogP contribution in [0.15, 0.2) is 24.3 Å². The number of hydrogen-bond acceptors (Lipinski definition) is 3. The normalized spacial score (nSPS) is 15.5. The third-order valence-electron chi connectivity index (χ3n) is 3.72. The van der Waals surface area contributed by atoms with Crippen molar-refractivity contribution in [1.29, 1.82) is 0 Å². The predicted octanol–water partition coefficient (Wildman–Crippen LogP) is 1.08. The molecule has 0 aliphatic heterocycles. The van der Waals surface area contributed by atoms with E-state index in [0.717, 1.165) is 24.8 Å². The van der Waals surface area contributed by atoms with E-state index in [1.54, 1.807) is 6.07 Å². The molecule has 1 fully saturated rings. The highest BCUT2D eigenvalue weighted by atomic mass is 16.3. The van der Waals surface area contributed by atoms with E-state index >= 15 is 0 Å². The summed E-state index contributed by atoms with van der Waals surface area (Å²) in [6, 6.07) is 7.41. The smallest absolute Gasteiger partial charge is 0.313 e. The number of carbonyl (C=O) groups is 2. The fraction of sp³-hybridized carbons (Fsp3) is 0.467. The molecular formula is C15H20N2O3. The Hall–Kier alpha value is -1.88. The lowest BCUT2D eigenvalue weighted by Gasteiger charge is -2.12. The van der Waals surface area contributed by atoms with Gasteiger partial charge < -0.3 is 15.7 Å². The number of amides is 2. The monoisotopic (exact) mass is 276 g/mol. The Balaban J connectivity index is 1.85. The minimum Gasteiger partial charge on any atom is -0.396 e. The van der Waals surface area contributed by atoms with Gasteiger partial charge in [0.25, 0.3) is 0 Å². The molecule has 20 heavy (non-hydrogen) atoms. The largest absolute Gasteiger partial charge is 0.396 e. The molecule has 2 amide bonds. The third-order valence-corrected chi connectivity index (χ3v) is 3.72. The molecule has 108 valence electrons. The van der Waals surface area contributed by atoms with E-state index in [-0.39, 0.29) is 12.0 Å². The van der Waals surface area contributed by atoms with Crippen LogP contribution in [0.5, 0.6) is 0 Å². The van der Waals surface area contributed by atoms with Crippen molar-refractivity contribution in [2.75, 3.05) is 18.5 Å². The van der Waals surface area contributed by atoms with Gasteiger partial charge in [0, 0.05) is 17.6 Å². The topological polar surface area (TPSA) is 78.4 Å². The number of hydrogen-bond donors (Lipinski definition) is 3. The average molecular weight is 276 g/mol. The summed E-state index contributed by atoms with van der Waals surface area (Å²) in [5.74, 6) is -1.33. The summed E-state index contributed by atoms with van der Waals surface area (Å²) in [5, 5.41) is 14.3. The Bertz CT molecular complexity index is 510. The van der Waals surface area contributed by atoms with Crippen molar-refractivity contribution in [1.82, 2.24) is 5.32 Å². The van der Waals surface area contributed by atoms with Gasteiger partial charge >= 0.3 is 11.8 Å². The van der Waals surface area contributed by atoms with Crippen LogP contribution in [0.1, 0.15) is 25.3 Å². The summed E-state index contributed by atoms with van der Waals surface area (Å²) in [6.45, 7) is 2.43. The summed E-state index contributed by atoms with van der Waals surface area (Å²) in [6.07, 6.45) is 2.66.